The van der Waals surface area contributed by atoms with Crippen LogP contribution in [0.3, 0.4) is 0 Å². The minimum Gasteiger partial charge on any atom is -0.507 e. The van der Waals surface area contributed by atoms with Gasteiger partial charge in [-0.25, -0.2) is 4.79 Å². The average Bonchev–Trinajstić information content (AvgIpc) is 3.29. The van der Waals surface area contributed by atoms with Crippen molar-refractivity contribution in [3.05, 3.63) is 106 Å². The Labute approximate surface area is 251 Å². The summed E-state index contributed by atoms with van der Waals surface area (Å²) in [6.07, 6.45) is 0.650. The van der Waals surface area contributed by atoms with Crippen LogP contribution in [0.2, 0.25) is 0 Å². The van der Waals surface area contributed by atoms with Crippen molar-refractivity contribution in [2.45, 2.75) is 26.0 Å². The van der Waals surface area contributed by atoms with Gasteiger partial charge in [-0.15, -0.1) is 0 Å². The van der Waals surface area contributed by atoms with E-state index < -0.39 is 23.7 Å². The highest BCUT2D eigenvalue weighted by Gasteiger charge is 2.45. The molecule has 3 aromatic rings. The molecule has 5 rings (SSSR count). The lowest BCUT2D eigenvalue weighted by Gasteiger charge is -2.29. The monoisotopic (exact) mass is 584 g/mol. The summed E-state index contributed by atoms with van der Waals surface area (Å²) >= 11 is 0. The van der Waals surface area contributed by atoms with Gasteiger partial charge in [-0.05, 0) is 60.9 Å². The number of carbonyl (C=O) groups is 3. The van der Waals surface area contributed by atoms with Crippen LogP contribution in [-0.4, -0.2) is 79.1 Å². The van der Waals surface area contributed by atoms with Gasteiger partial charge in [-0.2, -0.15) is 0 Å². The van der Waals surface area contributed by atoms with Crippen molar-refractivity contribution in [2.75, 3.05) is 46.5 Å². The van der Waals surface area contributed by atoms with Gasteiger partial charge >= 0.3 is 5.97 Å². The number of amides is 1. The Bertz CT molecular complexity index is 1490. The SMILES string of the molecule is COC(=O)c1ccc(C2/C(=C(\O)c3ccc(OCc4cccc(C)c4)cc3)C(=O)C(=O)N2CCCN2CCOCC2)cc1. The van der Waals surface area contributed by atoms with E-state index in [1.165, 1.54) is 12.0 Å². The smallest absolute Gasteiger partial charge is 0.337 e. The highest BCUT2D eigenvalue weighted by atomic mass is 16.5. The van der Waals surface area contributed by atoms with Crippen molar-refractivity contribution in [1.82, 2.24) is 9.80 Å². The molecule has 2 heterocycles. The van der Waals surface area contributed by atoms with Crippen molar-refractivity contribution in [2.24, 2.45) is 0 Å². The first-order chi connectivity index (χ1) is 20.9. The molecule has 2 fully saturated rings. The number of ketones is 1. The Kier molecular flexibility index (Phi) is 9.54. The van der Waals surface area contributed by atoms with Crippen LogP contribution in [0.25, 0.3) is 5.76 Å². The lowest BCUT2D eigenvalue weighted by Crippen LogP contribution is -2.39. The molecule has 2 aliphatic rings. The first-order valence-electron chi connectivity index (χ1n) is 14.4. The van der Waals surface area contributed by atoms with Crippen molar-refractivity contribution in [1.29, 1.82) is 0 Å². The van der Waals surface area contributed by atoms with E-state index in [1.54, 1.807) is 48.5 Å². The summed E-state index contributed by atoms with van der Waals surface area (Å²) in [5.74, 6) is -1.55. The number of hydrogen-bond acceptors (Lipinski definition) is 8. The standard InChI is InChI=1S/C34H36N2O7/c1-23-5-3-6-24(21-23)22-43-28-13-11-26(12-14-28)31(37)29-30(25-7-9-27(10-8-25)34(40)41-2)36(33(39)32(29)38)16-4-15-35-17-19-42-20-18-35/h3,5-14,21,30,37H,4,15-20,22H2,1-2H3/b31-29+. The van der Waals surface area contributed by atoms with Crippen LogP contribution in [0.4, 0.5) is 0 Å². The Morgan fingerprint density at radius 1 is 0.953 bits per heavy atom. The van der Waals surface area contributed by atoms with E-state index >= 15 is 0 Å². The number of morpholine rings is 1. The molecule has 0 aromatic heterocycles. The molecule has 3 aromatic carbocycles. The Morgan fingerprint density at radius 2 is 1.65 bits per heavy atom. The van der Waals surface area contributed by atoms with E-state index in [1.807, 2.05) is 25.1 Å². The predicted octanol–water partition coefficient (Wildman–Crippen LogP) is 4.50. The Morgan fingerprint density at radius 3 is 2.33 bits per heavy atom. The van der Waals surface area contributed by atoms with E-state index in [9.17, 15) is 19.5 Å². The summed E-state index contributed by atoms with van der Waals surface area (Å²) in [6, 6.07) is 20.6. The number of rotatable bonds is 10. The van der Waals surface area contributed by atoms with Crippen LogP contribution in [0.1, 0.15) is 45.1 Å². The van der Waals surface area contributed by atoms with Crippen LogP contribution in [0.5, 0.6) is 5.75 Å². The van der Waals surface area contributed by atoms with E-state index in [-0.39, 0.29) is 11.3 Å². The van der Waals surface area contributed by atoms with Crippen LogP contribution >= 0.6 is 0 Å². The van der Waals surface area contributed by atoms with Gasteiger partial charge in [0.05, 0.1) is 37.5 Å². The molecule has 43 heavy (non-hydrogen) atoms. The number of carbonyl (C=O) groups excluding carboxylic acids is 3. The molecule has 0 bridgehead atoms. The van der Waals surface area contributed by atoms with Gasteiger partial charge in [0, 0.05) is 31.7 Å². The maximum atomic E-state index is 13.4. The number of likely N-dealkylation sites (tertiary alicyclic amines) is 1. The molecule has 1 N–H and O–H groups in total. The molecule has 0 radical (unpaired) electrons. The predicted molar refractivity (Wildman–Crippen MR) is 161 cm³/mol. The summed E-state index contributed by atoms with van der Waals surface area (Å²) in [5, 5.41) is 11.4. The second-order valence-electron chi connectivity index (χ2n) is 10.7. The minimum atomic E-state index is -0.811. The maximum absolute atomic E-state index is 13.4. The fraction of sp³-hybridized carbons (Fsp3) is 0.324. The van der Waals surface area contributed by atoms with E-state index in [2.05, 4.69) is 11.0 Å². The van der Waals surface area contributed by atoms with Gasteiger partial charge in [0.2, 0.25) is 0 Å². The molecule has 0 spiro atoms. The molecule has 9 heteroatoms. The lowest BCUT2D eigenvalue weighted by atomic mass is 9.94. The third-order valence-corrected chi connectivity index (χ3v) is 7.78. The fourth-order valence-electron chi connectivity index (χ4n) is 5.50. The van der Waals surface area contributed by atoms with Crippen molar-refractivity contribution >= 4 is 23.4 Å². The number of Topliss-reactive ketones (excluding diaryl/α,β-unsaturated/α-hetero) is 1. The zero-order valence-corrected chi connectivity index (χ0v) is 24.5. The van der Waals surface area contributed by atoms with Gasteiger partial charge in [-0.3, -0.25) is 14.5 Å². The number of methoxy groups -OCH3 is 1. The lowest BCUT2D eigenvalue weighted by molar-refractivity contribution is -0.140. The Balaban J connectivity index is 1.40. The van der Waals surface area contributed by atoms with Gasteiger partial charge < -0.3 is 24.2 Å². The van der Waals surface area contributed by atoms with E-state index in [4.69, 9.17) is 14.2 Å². The molecule has 1 amide bonds. The molecule has 0 saturated carbocycles. The summed E-state index contributed by atoms with van der Waals surface area (Å²) in [6.45, 7) is 6.49. The summed E-state index contributed by atoms with van der Waals surface area (Å²) in [5.41, 5.74) is 3.54. The largest absolute Gasteiger partial charge is 0.507 e. The molecule has 2 aliphatic heterocycles. The van der Waals surface area contributed by atoms with Crippen molar-refractivity contribution < 1.29 is 33.7 Å². The van der Waals surface area contributed by atoms with Crippen LogP contribution in [0.15, 0.2) is 78.4 Å². The number of benzene rings is 3. The molecular formula is C34H36N2O7. The summed E-state index contributed by atoms with van der Waals surface area (Å²) in [7, 11) is 1.30. The van der Waals surface area contributed by atoms with Crippen LogP contribution < -0.4 is 4.74 Å². The van der Waals surface area contributed by atoms with Gasteiger partial charge in [-0.1, -0.05) is 42.0 Å². The van der Waals surface area contributed by atoms with Crippen molar-refractivity contribution in [3.63, 3.8) is 0 Å². The topological polar surface area (TPSA) is 106 Å². The number of nitrogens with zero attached hydrogens (tertiary/aromatic N) is 2. The number of ether oxygens (including phenoxy) is 3. The zero-order valence-electron chi connectivity index (χ0n) is 24.5. The van der Waals surface area contributed by atoms with Crippen molar-refractivity contribution in [3.8, 4) is 5.75 Å². The normalized spacial score (nSPS) is 18.6. The zero-order chi connectivity index (χ0) is 30.3. The second-order valence-corrected chi connectivity index (χ2v) is 10.7. The van der Waals surface area contributed by atoms with Gasteiger partial charge in [0.25, 0.3) is 11.7 Å². The first-order valence-corrected chi connectivity index (χ1v) is 14.4. The minimum absolute atomic E-state index is 0.00983. The number of esters is 1. The molecule has 0 aliphatic carbocycles. The molecule has 224 valence electrons. The van der Waals surface area contributed by atoms with Crippen LogP contribution in [-0.2, 0) is 25.7 Å². The highest BCUT2D eigenvalue weighted by Crippen LogP contribution is 2.39. The average molecular weight is 585 g/mol. The molecule has 9 nitrogen and oxygen atoms in total. The second kappa shape index (κ2) is 13.7. The van der Waals surface area contributed by atoms with Gasteiger partial charge in [0.1, 0.15) is 18.1 Å². The number of aryl methyl sites for hydroxylation is 1. The quantitative estimate of drug-likeness (QED) is 0.161. The third-order valence-electron chi connectivity index (χ3n) is 7.78. The summed E-state index contributed by atoms with van der Waals surface area (Å²) < 4.78 is 16.1. The molecule has 1 unspecified atom stereocenters. The number of hydrogen-bond donors (Lipinski definition) is 1. The molecule has 2 saturated heterocycles. The van der Waals surface area contributed by atoms with Crippen LogP contribution in [0, 0.1) is 6.92 Å². The Hall–Kier alpha value is -4.47. The highest BCUT2D eigenvalue weighted by molar-refractivity contribution is 6.46. The third kappa shape index (κ3) is 6.96. The summed E-state index contributed by atoms with van der Waals surface area (Å²) in [4.78, 5) is 42.6. The van der Waals surface area contributed by atoms with Gasteiger partial charge in [0.15, 0.2) is 0 Å². The number of aliphatic hydroxyl groups is 1. The fourth-order valence-corrected chi connectivity index (χ4v) is 5.50. The molecular weight excluding hydrogens is 548 g/mol. The van der Waals surface area contributed by atoms with E-state index in [0.717, 1.165) is 30.8 Å². The maximum Gasteiger partial charge on any atom is 0.337 e. The van der Waals surface area contributed by atoms with E-state index in [0.29, 0.717) is 55.2 Å². The number of aliphatic hydroxyl groups excluding tert-OH is 1. The molecule has 1 atom stereocenters. The first kappa shape index (κ1) is 30.0.